The van der Waals surface area contributed by atoms with Crippen molar-refractivity contribution in [2.24, 2.45) is 5.84 Å². The lowest BCUT2D eigenvalue weighted by Crippen LogP contribution is -2.39. The number of rotatable bonds is 7. The number of nitrogens with zero attached hydrogens (tertiary/aromatic N) is 1. The molecule has 7 heteroatoms. The number of amides is 1. The summed E-state index contributed by atoms with van der Waals surface area (Å²) >= 11 is 0. The third-order valence-electron chi connectivity index (χ3n) is 2.29. The number of carbonyl (C=O) groups is 1. The predicted molar refractivity (Wildman–Crippen MR) is 70.0 cm³/mol. The molecule has 1 atom stereocenters. The topological polar surface area (TPSA) is 101 Å². The van der Waals surface area contributed by atoms with E-state index in [4.69, 9.17) is 10.6 Å². The molecule has 1 unspecified atom stereocenters. The average Bonchev–Trinajstić information content (AvgIpc) is 2.39. The van der Waals surface area contributed by atoms with Crippen molar-refractivity contribution in [2.45, 2.75) is 13.0 Å². The molecule has 18 heavy (non-hydrogen) atoms. The molecule has 1 amide bonds. The normalized spacial score (nSPS) is 11.7. The highest BCUT2D eigenvalue weighted by Crippen LogP contribution is 2.11. The van der Waals surface area contributed by atoms with E-state index in [1.165, 1.54) is 0 Å². The minimum absolute atomic E-state index is 0.0916. The number of nitrogens with two attached hydrogens (primary N) is 1. The standard InChI is InChI=1S/C11H19N5O2/c1-8(11(17)14-5-6-18-2)15-9-3-4-13-10(7-9)16-12/h3-4,7-8H,5-6,12H2,1-2H3,(H,14,17)(H2,13,15,16). The van der Waals surface area contributed by atoms with Crippen LogP contribution >= 0.6 is 0 Å². The monoisotopic (exact) mass is 253 g/mol. The molecule has 1 aromatic rings. The van der Waals surface area contributed by atoms with Gasteiger partial charge in [-0.05, 0) is 13.0 Å². The van der Waals surface area contributed by atoms with E-state index in [0.29, 0.717) is 19.0 Å². The van der Waals surface area contributed by atoms with Gasteiger partial charge in [0.15, 0.2) is 0 Å². The van der Waals surface area contributed by atoms with E-state index in [-0.39, 0.29) is 11.9 Å². The molecule has 0 fully saturated rings. The molecule has 1 heterocycles. The van der Waals surface area contributed by atoms with Crippen molar-refractivity contribution in [1.29, 1.82) is 0 Å². The maximum atomic E-state index is 11.7. The van der Waals surface area contributed by atoms with Crippen LogP contribution in [0.15, 0.2) is 18.3 Å². The van der Waals surface area contributed by atoms with E-state index in [1.54, 1.807) is 32.4 Å². The van der Waals surface area contributed by atoms with E-state index in [0.717, 1.165) is 5.69 Å². The third-order valence-corrected chi connectivity index (χ3v) is 2.29. The molecule has 5 N–H and O–H groups in total. The summed E-state index contributed by atoms with van der Waals surface area (Å²) in [5.41, 5.74) is 3.21. The van der Waals surface area contributed by atoms with Crippen LogP contribution in [0.5, 0.6) is 0 Å². The molecule has 0 aromatic carbocycles. The number of ether oxygens (including phenoxy) is 1. The molecule has 0 saturated carbocycles. The van der Waals surface area contributed by atoms with Gasteiger partial charge in [-0.2, -0.15) is 0 Å². The largest absolute Gasteiger partial charge is 0.383 e. The molecular formula is C11H19N5O2. The molecule has 0 aliphatic carbocycles. The number of nitrogens with one attached hydrogen (secondary N) is 3. The lowest BCUT2D eigenvalue weighted by atomic mass is 10.3. The summed E-state index contributed by atoms with van der Waals surface area (Å²) < 4.78 is 4.85. The number of carbonyl (C=O) groups excluding carboxylic acids is 1. The van der Waals surface area contributed by atoms with Crippen LogP contribution in [-0.4, -0.2) is 37.2 Å². The van der Waals surface area contributed by atoms with E-state index in [9.17, 15) is 4.79 Å². The number of hydrogen-bond acceptors (Lipinski definition) is 6. The summed E-state index contributed by atoms with van der Waals surface area (Å²) in [4.78, 5) is 15.7. The molecule has 0 aliphatic heterocycles. The second-order valence-corrected chi connectivity index (χ2v) is 3.72. The fraction of sp³-hybridized carbons (Fsp3) is 0.455. The summed E-state index contributed by atoms with van der Waals surface area (Å²) in [6, 6.07) is 3.13. The average molecular weight is 253 g/mol. The van der Waals surface area contributed by atoms with Gasteiger partial charge in [0.05, 0.1) is 6.61 Å². The maximum absolute atomic E-state index is 11.7. The molecule has 0 saturated heterocycles. The lowest BCUT2D eigenvalue weighted by molar-refractivity contribution is -0.121. The van der Waals surface area contributed by atoms with Gasteiger partial charge in [-0.15, -0.1) is 0 Å². The second-order valence-electron chi connectivity index (χ2n) is 3.72. The van der Waals surface area contributed by atoms with Crippen LogP contribution in [0.4, 0.5) is 11.5 Å². The lowest BCUT2D eigenvalue weighted by Gasteiger charge is -2.15. The Labute approximate surface area is 106 Å². The summed E-state index contributed by atoms with van der Waals surface area (Å²) in [6.45, 7) is 2.76. The van der Waals surface area contributed by atoms with Crippen molar-refractivity contribution in [1.82, 2.24) is 10.3 Å². The number of pyridine rings is 1. The molecular weight excluding hydrogens is 234 g/mol. The van der Waals surface area contributed by atoms with Gasteiger partial charge in [0.25, 0.3) is 0 Å². The molecule has 7 nitrogen and oxygen atoms in total. The summed E-state index contributed by atoms with van der Waals surface area (Å²) in [7, 11) is 1.59. The molecule has 100 valence electrons. The van der Waals surface area contributed by atoms with Crippen LogP contribution in [0, 0.1) is 0 Å². The van der Waals surface area contributed by atoms with E-state index >= 15 is 0 Å². The fourth-order valence-corrected chi connectivity index (χ4v) is 1.34. The molecule has 1 aromatic heterocycles. The Morgan fingerprint density at radius 1 is 1.61 bits per heavy atom. The quantitative estimate of drug-likeness (QED) is 0.308. The van der Waals surface area contributed by atoms with E-state index < -0.39 is 0 Å². The van der Waals surface area contributed by atoms with Crippen molar-refractivity contribution < 1.29 is 9.53 Å². The highest BCUT2D eigenvalue weighted by molar-refractivity contribution is 5.84. The third kappa shape index (κ3) is 4.56. The number of anilines is 2. The number of methoxy groups -OCH3 is 1. The summed E-state index contributed by atoms with van der Waals surface area (Å²) in [5.74, 6) is 5.70. The van der Waals surface area contributed by atoms with Gasteiger partial charge in [-0.25, -0.2) is 10.8 Å². The Balaban J connectivity index is 2.47. The van der Waals surface area contributed by atoms with Gasteiger partial charge in [0.1, 0.15) is 11.9 Å². The van der Waals surface area contributed by atoms with Crippen molar-refractivity contribution >= 4 is 17.4 Å². The second kappa shape index (κ2) is 7.46. The smallest absolute Gasteiger partial charge is 0.242 e. The van der Waals surface area contributed by atoms with Gasteiger partial charge < -0.3 is 20.8 Å². The first kappa shape index (κ1) is 14.2. The molecule has 1 rings (SSSR count). The van der Waals surface area contributed by atoms with Crippen molar-refractivity contribution in [3.05, 3.63) is 18.3 Å². The zero-order valence-electron chi connectivity index (χ0n) is 10.6. The van der Waals surface area contributed by atoms with Crippen molar-refractivity contribution in [3.8, 4) is 0 Å². The minimum Gasteiger partial charge on any atom is -0.383 e. The van der Waals surface area contributed by atoms with Crippen molar-refractivity contribution in [3.63, 3.8) is 0 Å². The van der Waals surface area contributed by atoms with Gasteiger partial charge >= 0.3 is 0 Å². The number of hydrazine groups is 1. The molecule has 0 aliphatic rings. The first-order chi connectivity index (χ1) is 8.67. The Hall–Kier alpha value is -1.86. The molecule has 0 bridgehead atoms. The van der Waals surface area contributed by atoms with Crippen LogP contribution in [0.25, 0.3) is 0 Å². The minimum atomic E-state index is -0.352. The Bertz CT molecular complexity index is 385. The molecule has 0 spiro atoms. The van der Waals surface area contributed by atoms with Crippen LogP contribution in [0.3, 0.4) is 0 Å². The highest BCUT2D eigenvalue weighted by atomic mass is 16.5. The zero-order chi connectivity index (χ0) is 13.4. The predicted octanol–water partition coefficient (Wildman–Crippen LogP) is -0.0698. The summed E-state index contributed by atoms with van der Waals surface area (Å²) in [6.07, 6.45) is 1.60. The fourth-order valence-electron chi connectivity index (χ4n) is 1.34. The summed E-state index contributed by atoms with van der Waals surface area (Å²) in [5, 5.41) is 5.80. The highest BCUT2D eigenvalue weighted by Gasteiger charge is 2.11. The Kier molecular flexibility index (Phi) is 5.89. The zero-order valence-corrected chi connectivity index (χ0v) is 10.6. The van der Waals surface area contributed by atoms with Gasteiger partial charge in [0.2, 0.25) is 5.91 Å². The first-order valence-corrected chi connectivity index (χ1v) is 5.63. The number of aromatic nitrogens is 1. The van der Waals surface area contributed by atoms with E-state index in [2.05, 4.69) is 21.0 Å². The number of nitrogen functional groups attached to an aromatic ring is 1. The maximum Gasteiger partial charge on any atom is 0.242 e. The van der Waals surface area contributed by atoms with Crippen LogP contribution in [-0.2, 0) is 9.53 Å². The van der Waals surface area contributed by atoms with Crippen LogP contribution < -0.4 is 21.9 Å². The Morgan fingerprint density at radius 3 is 3.06 bits per heavy atom. The Morgan fingerprint density at radius 2 is 2.39 bits per heavy atom. The van der Waals surface area contributed by atoms with E-state index in [1.807, 2.05) is 0 Å². The first-order valence-electron chi connectivity index (χ1n) is 5.63. The SMILES string of the molecule is COCCNC(=O)C(C)Nc1ccnc(NN)c1. The number of hydrogen-bond donors (Lipinski definition) is 4. The van der Waals surface area contributed by atoms with Crippen LogP contribution in [0.1, 0.15) is 6.92 Å². The van der Waals surface area contributed by atoms with Gasteiger partial charge in [0, 0.05) is 31.6 Å². The van der Waals surface area contributed by atoms with Gasteiger partial charge in [-0.1, -0.05) is 0 Å². The van der Waals surface area contributed by atoms with Crippen molar-refractivity contribution in [2.75, 3.05) is 31.0 Å². The van der Waals surface area contributed by atoms with Gasteiger partial charge in [-0.3, -0.25) is 4.79 Å². The molecule has 0 radical (unpaired) electrons. The van der Waals surface area contributed by atoms with Crippen LogP contribution in [0.2, 0.25) is 0 Å².